The van der Waals surface area contributed by atoms with E-state index >= 15 is 0 Å². The van der Waals surface area contributed by atoms with Gasteiger partial charge in [0.15, 0.2) is 6.16 Å². The van der Waals surface area contributed by atoms with Gasteiger partial charge in [0.1, 0.15) is 11.3 Å². The number of halogens is 1. The summed E-state index contributed by atoms with van der Waals surface area (Å²) < 4.78 is 17.3. The van der Waals surface area contributed by atoms with Gasteiger partial charge in [-0.05, 0) is 17.7 Å². The minimum absolute atomic E-state index is 0.204. The molecule has 2 aromatic rings. The van der Waals surface area contributed by atoms with Gasteiger partial charge in [-0.2, -0.15) is 0 Å². The minimum atomic E-state index is -2.03. The van der Waals surface area contributed by atoms with Crippen LogP contribution in [0.2, 0.25) is 5.02 Å². The first kappa shape index (κ1) is 15.7. The molecule has 0 radical (unpaired) electrons. The van der Waals surface area contributed by atoms with Crippen LogP contribution >= 0.6 is 19.4 Å². The molecule has 0 aliphatic carbocycles. The second-order valence-electron chi connectivity index (χ2n) is 4.46. The summed E-state index contributed by atoms with van der Waals surface area (Å²) >= 11 is 6.03. The summed E-state index contributed by atoms with van der Waals surface area (Å²) in [7, 11) is -0.575. The highest BCUT2D eigenvalue weighted by molar-refractivity contribution is 7.64. The second kappa shape index (κ2) is 7.35. The van der Waals surface area contributed by atoms with Crippen LogP contribution in [0.15, 0.2) is 48.5 Å². The SMILES string of the molecule is COc1cccc(Cl)c1C(=O)[P+](=O)CCc1ccccc1. The summed E-state index contributed by atoms with van der Waals surface area (Å²) in [6, 6.07) is 14.6. The first-order valence-corrected chi connectivity index (χ1v) is 8.31. The average molecular weight is 322 g/mol. The average Bonchev–Trinajstić information content (AvgIpc) is 2.52. The van der Waals surface area contributed by atoms with Gasteiger partial charge in [0, 0.05) is 6.42 Å². The van der Waals surface area contributed by atoms with Crippen molar-refractivity contribution in [3.8, 4) is 5.75 Å². The highest BCUT2D eigenvalue weighted by atomic mass is 35.5. The van der Waals surface area contributed by atoms with Crippen molar-refractivity contribution in [1.29, 1.82) is 0 Å². The predicted molar refractivity (Wildman–Crippen MR) is 85.0 cm³/mol. The van der Waals surface area contributed by atoms with Gasteiger partial charge in [0.25, 0.3) is 0 Å². The standard InChI is InChI=1S/C16H15ClO3P/c1-20-14-9-5-8-13(17)15(14)16(18)21(19)11-10-12-6-3-2-4-7-12/h2-9H,10-11H2,1H3/q+1. The van der Waals surface area contributed by atoms with Gasteiger partial charge in [0.2, 0.25) is 0 Å². The summed E-state index contributed by atoms with van der Waals surface area (Å²) in [4.78, 5) is 12.3. The monoisotopic (exact) mass is 321 g/mol. The van der Waals surface area contributed by atoms with Gasteiger partial charge >= 0.3 is 13.3 Å². The first-order chi connectivity index (χ1) is 10.1. The summed E-state index contributed by atoms with van der Waals surface area (Å²) in [5.74, 6) is 0.357. The molecular formula is C16H15ClO3P+. The van der Waals surface area contributed by atoms with Crippen LogP contribution in [0.4, 0.5) is 0 Å². The molecule has 2 rings (SSSR count). The van der Waals surface area contributed by atoms with E-state index in [0.717, 1.165) is 5.56 Å². The molecular weight excluding hydrogens is 307 g/mol. The lowest BCUT2D eigenvalue weighted by Gasteiger charge is -2.04. The summed E-state index contributed by atoms with van der Waals surface area (Å²) in [6.07, 6.45) is 0.890. The quantitative estimate of drug-likeness (QED) is 0.733. The molecule has 1 unspecified atom stereocenters. The molecule has 0 bridgehead atoms. The van der Waals surface area contributed by atoms with Gasteiger partial charge in [-0.25, -0.2) is 4.79 Å². The third kappa shape index (κ3) is 3.90. The maximum Gasteiger partial charge on any atom is 0.420 e. The highest BCUT2D eigenvalue weighted by Gasteiger charge is 2.33. The molecule has 0 N–H and O–H groups in total. The number of carbonyl (C=O) groups excluding carboxylic acids is 1. The number of hydrogen-bond donors (Lipinski definition) is 0. The number of rotatable bonds is 6. The van der Waals surface area contributed by atoms with E-state index < -0.39 is 13.3 Å². The molecule has 1 atom stereocenters. The summed E-state index contributed by atoms with van der Waals surface area (Å²) in [6.45, 7) is 0. The van der Waals surface area contributed by atoms with Crippen molar-refractivity contribution in [2.75, 3.05) is 13.3 Å². The van der Waals surface area contributed by atoms with Crippen molar-refractivity contribution >= 4 is 24.9 Å². The molecule has 0 aliphatic heterocycles. The van der Waals surface area contributed by atoms with Crippen LogP contribution in [-0.2, 0) is 11.0 Å². The molecule has 0 heterocycles. The molecule has 0 aromatic heterocycles. The fraction of sp³-hybridized carbons (Fsp3) is 0.188. The fourth-order valence-corrected chi connectivity index (χ4v) is 3.45. The van der Waals surface area contributed by atoms with Crippen LogP contribution in [0.5, 0.6) is 5.75 Å². The molecule has 0 saturated carbocycles. The lowest BCUT2D eigenvalue weighted by molar-refractivity contribution is 0.107. The number of aryl methyl sites for hydroxylation is 1. The fourth-order valence-electron chi connectivity index (χ4n) is 1.98. The van der Waals surface area contributed by atoms with E-state index in [-0.39, 0.29) is 10.6 Å². The summed E-state index contributed by atoms with van der Waals surface area (Å²) in [5, 5.41) is 0.266. The normalized spacial score (nSPS) is 11.0. The largest absolute Gasteiger partial charge is 0.496 e. The van der Waals surface area contributed by atoms with Crippen LogP contribution < -0.4 is 4.74 Å². The topological polar surface area (TPSA) is 43.4 Å². The van der Waals surface area contributed by atoms with Crippen LogP contribution in [-0.4, -0.2) is 18.8 Å². The Hall–Kier alpha value is -1.70. The Kier molecular flexibility index (Phi) is 5.49. The Morgan fingerprint density at radius 3 is 2.52 bits per heavy atom. The molecule has 108 valence electrons. The van der Waals surface area contributed by atoms with Crippen LogP contribution in [0.3, 0.4) is 0 Å². The number of methoxy groups -OCH3 is 1. The molecule has 0 spiro atoms. The number of hydrogen-bond acceptors (Lipinski definition) is 3. The lowest BCUT2D eigenvalue weighted by Crippen LogP contribution is -2.01. The smallest absolute Gasteiger partial charge is 0.420 e. The Bertz CT molecular complexity index is 656. The maximum atomic E-state index is 12.3. The van der Waals surface area contributed by atoms with Gasteiger partial charge in [0.05, 0.1) is 12.1 Å². The van der Waals surface area contributed by atoms with Crippen molar-refractivity contribution in [3.05, 3.63) is 64.7 Å². The third-order valence-electron chi connectivity index (χ3n) is 3.08. The Balaban J connectivity index is 2.11. The highest BCUT2D eigenvalue weighted by Crippen LogP contribution is 2.36. The van der Waals surface area contributed by atoms with Gasteiger partial charge in [-0.3, -0.25) is 0 Å². The number of carbonyl (C=O) groups is 1. The lowest BCUT2D eigenvalue weighted by atomic mass is 10.2. The molecule has 0 amide bonds. The maximum absolute atomic E-state index is 12.3. The van der Waals surface area contributed by atoms with Crippen LogP contribution in [0, 0.1) is 0 Å². The van der Waals surface area contributed by atoms with E-state index in [0.29, 0.717) is 18.3 Å². The van der Waals surface area contributed by atoms with Crippen molar-refractivity contribution in [2.24, 2.45) is 0 Å². The minimum Gasteiger partial charge on any atom is -0.496 e. The van der Waals surface area contributed by atoms with Crippen LogP contribution in [0.1, 0.15) is 15.9 Å². The molecule has 0 saturated heterocycles. The number of benzene rings is 2. The van der Waals surface area contributed by atoms with E-state index in [1.165, 1.54) is 7.11 Å². The zero-order valence-corrected chi connectivity index (χ0v) is 13.2. The Morgan fingerprint density at radius 2 is 1.86 bits per heavy atom. The third-order valence-corrected chi connectivity index (χ3v) is 4.70. The second-order valence-corrected chi connectivity index (χ2v) is 6.48. The van der Waals surface area contributed by atoms with Crippen molar-refractivity contribution in [2.45, 2.75) is 6.42 Å². The van der Waals surface area contributed by atoms with Crippen molar-refractivity contribution in [3.63, 3.8) is 0 Å². The van der Waals surface area contributed by atoms with E-state index in [4.69, 9.17) is 16.3 Å². The zero-order valence-electron chi connectivity index (χ0n) is 11.6. The van der Waals surface area contributed by atoms with E-state index in [9.17, 15) is 9.36 Å². The van der Waals surface area contributed by atoms with Crippen molar-refractivity contribution in [1.82, 2.24) is 0 Å². The van der Waals surface area contributed by atoms with Crippen molar-refractivity contribution < 1.29 is 14.1 Å². The molecule has 21 heavy (non-hydrogen) atoms. The molecule has 3 nitrogen and oxygen atoms in total. The molecule has 0 aliphatic rings. The predicted octanol–water partition coefficient (Wildman–Crippen LogP) is 4.56. The van der Waals surface area contributed by atoms with Gasteiger partial charge in [-0.15, -0.1) is 0 Å². The van der Waals surface area contributed by atoms with E-state index in [1.54, 1.807) is 18.2 Å². The van der Waals surface area contributed by atoms with Crippen LogP contribution in [0.25, 0.3) is 0 Å². The Morgan fingerprint density at radius 1 is 1.14 bits per heavy atom. The van der Waals surface area contributed by atoms with E-state index in [1.807, 2.05) is 30.3 Å². The number of ether oxygens (including phenoxy) is 1. The Labute approximate surface area is 129 Å². The molecule has 5 heteroatoms. The molecule has 2 aromatic carbocycles. The van der Waals surface area contributed by atoms with Gasteiger partial charge in [-0.1, -0.05) is 52.6 Å². The summed E-state index contributed by atoms with van der Waals surface area (Å²) in [5.41, 5.74) is 0.805. The first-order valence-electron chi connectivity index (χ1n) is 6.49. The van der Waals surface area contributed by atoms with E-state index in [2.05, 4.69) is 0 Å². The van der Waals surface area contributed by atoms with Gasteiger partial charge < -0.3 is 4.74 Å². The zero-order chi connectivity index (χ0) is 15.2. The molecule has 0 fully saturated rings.